The lowest BCUT2D eigenvalue weighted by Crippen LogP contribution is -2.02. The van der Waals surface area contributed by atoms with Crippen molar-refractivity contribution in [3.63, 3.8) is 0 Å². The first-order valence-corrected chi connectivity index (χ1v) is 5.12. The standard InChI is InChI=1S/C12H19NO/c1-4-7-14-10(3)11-6-5-9(2)12(13)8-11/h5-6,8,10H,4,7,13H2,1-3H3/t10-/m1/s1. The van der Waals surface area contributed by atoms with Gasteiger partial charge in [0.15, 0.2) is 0 Å². The molecule has 2 nitrogen and oxygen atoms in total. The Morgan fingerprint density at radius 1 is 1.43 bits per heavy atom. The second-order valence-electron chi connectivity index (χ2n) is 3.63. The molecule has 0 amide bonds. The van der Waals surface area contributed by atoms with Crippen molar-refractivity contribution in [3.05, 3.63) is 29.3 Å². The summed E-state index contributed by atoms with van der Waals surface area (Å²) in [6.07, 6.45) is 1.18. The molecule has 1 rings (SSSR count). The van der Waals surface area contributed by atoms with Gasteiger partial charge in [0.05, 0.1) is 6.10 Å². The van der Waals surface area contributed by atoms with Gasteiger partial charge in [0, 0.05) is 12.3 Å². The molecule has 78 valence electrons. The Kier molecular flexibility index (Phi) is 3.96. The van der Waals surface area contributed by atoms with Crippen LogP contribution in [-0.4, -0.2) is 6.61 Å². The zero-order valence-corrected chi connectivity index (χ0v) is 9.21. The molecule has 2 N–H and O–H groups in total. The number of nitrogen functional groups attached to an aromatic ring is 1. The van der Waals surface area contributed by atoms with Gasteiger partial charge in [0.1, 0.15) is 0 Å². The van der Waals surface area contributed by atoms with E-state index in [1.165, 1.54) is 0 Å². The molecule has 1 aromatic rings. The van der Waals surface area contributed by atoms with Crippen molar-refractivity contribution in [3.8, 4) is 0 Å². The molecule has 0 aromatic heterocycles. The minimum Gasteiger partial charge on any atom is -0.399 e. The van der Waals surface area contributed by atoms with E-state index in [4.69, 9.17) is 10.5 Å². The molecular formula is C12H19NO. The van der Waals surface area contributed by atoms with Gasteiger partial charge >= 0.3 is 0 Å². The normalized spacial score (nSPS) is 12.8. The summed E-state index contributed by atoms with van der Waals surface area (Å²) in [5.74, 6) is 0. The highest BCUT2D eigenvalue weighted by Gasteiger charge is 2.05. The van der Waals surface area contributed by atoms with Crippen LogP contribution in [0.4, 0.5) is 5.69 Å². The van der Waals surface area contributed by atoms with Crippen LogP contribution < -0.4 is 5.73 Å². The number of rotatable bonds is 4. The van der Waals surface area contributed by atoms with E-state index < -0.39 is 0 Å². The van der Waals surface area contributed by atoms with Crippen LogP contribution in [0.5, 0.6) is 0 Å². The van der Waals surface area contributed by atoms with Crippen LogP contribution in [-0.2, 0) is 4.74 Å². The fourth-order valence-electron chi connectivity index (χ4n) is 1.30. The first-order chi connectivity index (χ1) is 6.65. The average Bonchev–Trinajstić information content (AvgIpc) is 2.18. The molecule has 0 aliphatic heterocycles. The minimum atomic E-state index is 0.137. The first-order valence-electron chi connectivity index (χ1n) is 5.12. The molecule has 0 bridgehead atoms. The SMILES string of the molecule is CCCO[C@H](C)c1ccc(C)c(N)c1. The second kappa shape index (κ2) is 5.01. The monoisotopic (exact) mass is 193 g/mol. The highest BCUT2D eigenvalue weighted by molar-refractivity contribution is 5.48. The van der Waals surface area contributed by atoms with Crippen LogP contribution in [0.3, 0.4) is 0 Å². The summed E-state index contributed by atoms with van der Waals surface area (Å²) in [5, 5.41) is 0. The molecule has 0 spiro atoms. The summed E-state index contributed by atoms with van der Waals surface area (Å²) >= 11 is 0. The summed E-state index contributed by atoms with van der Waals surface area (Å²) in [7, 11) is 0. The van der Waals surface area contributed by atoms with E-state index in [0.717, 1.165) is 29.8 Å². The Bertz CT molecular complexity index is 296. The Morgan fingerprint density at radius 3 is 2.71 bits per heavy atom. The van der Waals surface area contributed by atoms with Crippen molar-refractivity contribution in [1.29, 1.82) is 0 Å². The lowest BCUT2D eigenvalue weighted by Gasteiger charge is -2.14. The Balaban J connectivity index is 2.70. The average molecular weight is 193 g/mol. The first kappa shape index (κ1) is 11.1. The van der Waals surface area contributed by atoms with Gasteiger partial charge in [-0.2, -0.15) is 0 Å². The van der Waals surface area contributed by atoms with E-state index in [2.05, 4.69) is 19.9 Å². The third kappa shape index (κ3) is 2.74. The van der Waals surface area contributed by atoms with Crippen LogP contribution in [0.2, 0.25) is 0 Å². The number of benzene rings is 1. The molecular weight excluding hydrogens is 174 g/mol. The predicted octanol–water partition coefficient (Wildman–Crippen LogP) is 3.06. The van der Waals surface area contributed by atoms with E-state index >= 15 is 0 Å². The Labute approximate surface area is 86.1 Å². The van der Waals surface area contributed by atoms with E-state index in [1.807, 2.05) is 19.1 Å². The largest absolute Gasteiger partial charge is 0.399 e. The molecule has 1 atom stereocenters. The molecule has 0 saturated carbocycles. The van der Waals surface area contributed by atoms with E-state index in [1.54, 1.807) is 0 Å². The van der Waals surface area contributed by atoms with Crippen molar-refractivity contribution in [2.75, 3.05) is 12.3 Å². The Hall–Kier alpha value is -1.02. The van der Waals surface area contributed by atoms with Gasteiger partial charge in [-0.05, 0) is 37.5 Å². The molecule has 1 aromatic carbocycles. The van der Waals surface area contributed by atoms with Gasteiger partial charge in [0.25, 0.3) is 0 Å². The summed E-state index contributed by atoms with van der Waals surface area (Å²) < 4.78 is 5.62. The lowest BCUT2D eigenvalue weighted by molar-refractivity contribution is 0.0663. The van der Waals surface area contributed by atoms with Gasteiger partial charge in [-0.15, -0.1) is 0 Å². The fourth-order valence-corrected chi connectivity index (χ4v) is 1.30. The minimum absolute atomic E-state index is 0.137. The zero-order chi connectivity index (χ0) is 10.6. The number of aryl methyl sites for hydroxylation is 1. The number of hydrogen-bond acceptors (Lipinski definition) is 2. The summed E-state index contributed by atoms with van der Waals surface area (Å²) in [5.41, 5.74) is 8.95. The van der Waals surface area contributed by atoms with E-state index in [9.17, 15) is 0 Å². The van der Waals surface area contributed by atoms with Gasteiger partial charge in [0.2, 0.25) is 0 Å². The van der Waals surface area contributed by atoms with Gasteiger partial charge in [-0.25, -0.2) is 0 Å². The maximum Gasteiger partial charge on any atom is 0.0797 e. The van der Waals surface area contributed by atoms with E-state index in [0.29, 0.717) is 0 Å². The molecule has 0 aliphatic carbocycles. The molecule has 0 radical (unpaired) electrons. The maximum absolute atomic E-state index is 5.83. The molecule has 0 aliphatic rings. The highest BCUT2D eigenvalue weighted by atomic mass is 16.5. The van der Waals surface area contributed by atoms with Gasteiger partial charge in [-0.1, -0.05) is 19.1 Å². The maximum atomic E-state index is 5.83. The Morgan fingerprint density at radius 2 is 2.14 bits per heavy atom. The molecule has 14 heavy (non-hydrogen) atoms. The molecule has 0 fully saturated rings. The van der Waals surface area contributed by atoms with Crippen molar-refractivity contribution in [1.82, 2.24) is 0 Å². The number of ether oxygens (including phenoxy) is 1. The summed E-state index contributed by atoms with van der Waals surface area (Å²) in [4.78, 5) is 0. The van der Waals surface area contributed by atoms with Crippen molar-refractivity contribution in [2.45, 2.75) is 33.3 Å². The van der Waals surface area contributed by atoms with Crippen LogP contribution >= 0.6 is 0 Å². The quantitative estimate of drug-likeness (QED) is 0.746. The van der Waals surface area contributed by atoms with Gasteiger partial charge in [-0.3, -0.25) is 0 Å². The van der Waals surface area contributed by atoms with E-state index in [-0.39, 0.29) is 6.10 Å². The van der Waals surface area contributed by atoms with Crippen LogP contribution in [0.1, 0.15) is 37.5 Å². The zero-order valence-electron chi connectivity index (χ0n) is 9.21. The summed E-state index contributed by atoms with van der Waals surface area (Å²) in [6.45, 7) is 6.97. The smallest absolute Gasteiger partial charge is 0.0797 e. The topological polar surface area (TPSA) is 35.2 Å². The number of anilines is 1. The van der Waals surface area contributed by atoms with Crippen molar-refractivity contribution >= 4 is 5.69 Å². The number of hydrogen-bond donors (Lipinski definition) is 1. The fraction of sp³-hybridized carbons (Fsp3) is 0.500. The van der Waals surface area contributed by atoms with Crippen molar-refractivity contribution < 1.29 is 4.74 Å². The third-order valence-electron chi connectivity index (χ3n) is 2.34. The van der Waals surface area contributed by atoms with Gasteiger partial charge < -0.3 is 10.5 Å². The van der Waals surface area contributed by atoms with Crippen molar-refractivity contribution in [2.24, 2.45) is 0 Å². The third-order valence-corrected chi connectivity index (χ3v) is 2.34. The summed E-state index contributed by atoms with van der Waals surface area (Å²) in [6, 6.07) is 6.11. The predicted molar refractivity (Wildman–Crippen MR) is 60.2 cm³/mol. The second-order valence-corrected chi connectivity index (χ2v) is 3.63. The molecule has 0 saturated heterocycles. The van der Waals surface area contributed by atoms with Crippen LogP contribution in [0.15, 0.2) is 18.2 Å². The molecule has 0 unspecified atom stereocenters. The van der Waals surface area contributed by atoms with Crippen LogP contribution in [0.25, 0.3) is 0 Å². The molecule has 2 heteroatoms. The number of nitrogens with two attached hydrogens (primary N) is 1. The highest BCUT2D eigenvalue weighted by Crippen LogP contribution is 2.21. The van der Waals surface area contributed by atoms with Crippen LogP contribution in [0, 0.1) is 6.92 Å². The lowest BCUT2D eigenvalue weighted by atomic mass is 10.1. The molecule has 0 heterocycles.